The van der Waals surface area contributed by atoms with Crippen molar-refractivity contribution < 1.29 is 28.2 Å². The van der Waals surface area contributed by atoms with Gasteiger partial charge in [-0.3, -0.25) is 14.2 Å². The molecular formula is C22H21FN6O6. The Morgan fingerprint density at radius 2 is 2.09 bits per heavy atom. The molecule has 0 radical (unpaired) electrons. The number of rotatable bonds is 6. The van der Waals surface area contributed by atoms with Gasteiger partial charge in [-0.15, -0.1) is 0 Å². The van der Waals surface area contributed by atoms with Gasteiger partial charge in [0.2, 0.25) is 5.95 Å². The minimum Gasteiger partial charge on any atom is -0.463 e. The quantitative estimate of drug-likeness (QED) is 0.495. The molecule has 3 heterocycles. The standard InChI is InChI=1S/C22H21FN6O6/c1-11(30)33-10-16-17(23)18(34-12(2)31)20(35-16)29-19-15(8-26-21(25)27-19)28(22(29)32)9-14-5-3-4-13(6-14)7-24/h3-6,8,16-18,20H,9-10H2,1-2H3,(H2,25,26,27)/t16-,17-,18-,20-/m1/s1. The number of nitrogens with zero attached hydrogens (tertiary/aromatic N) is 5. The summed E-state index contributed by atoms with van der Waals surface area (Å²) in [5, 5.41) is 9.18. The second-order valence-corrected chi connectivity index (χ2v) is 7.87. The first-order chi connectivity index (χ1) is 16.7. The van der Waals surface area contributed by atoms with Crippen LogP contribution in [0, 0.1) is 11.3 Å². The van der Waals surface area contributed by atoms with Crippen LogP contribution in [0.15, 0.2) is 35.3 Å². The summed E-state index contributed by atoms with van der Waals surface area (Å²) in [4.78, 5) is 44.6. The van der Waals surface area contributed by atoms with Crippen molar-refractivity contribution in [2.75, 3.05) is 12.3 Å². The highest BCUT2D eigenvalue weighted by Crippen LogP contribution is 2.35. The first-order valence-electron chi connectivity index (χ1n) is 10.5. The van der Waals surface area contributed by atoms with E-state index >= 15 is 4.39 Å². The number of ether oxygens (including phenoxy) is 3. The van der Waals surface area contributed by atoms with Crippen LogP contribution in [0.1, 0.15) is 31.2 Å². The van der Waals surface area contributed by atoms with Crippen molar-refractivity contribution in [1.29, 1.82) is 5.26 Å². The number of halogens is 1. The number of benzene rings is 1. The lowest BCUT2D eigenvalue weighted by atomic mass is 10.1. The fraction of sp³-hybridized carbons (Fsp3) is 0.364. The smallest absolute Gasteiger partial charge is 0.332 e. The van der Waals surface area contributed by atoms with E-state index < -0.39 is 48.8 Å². The maximum atomic E-state index is 15.2. The summed E-state index contributed by atoms with van der Waals surface area (Å²) in [5.74, 6) is -1.59. The number of aromatic nitrogens is 4. The zero-order valence-corrected chi connectivity index (χ0v) is 18.8. The van der Waals surface area contributed by atoms with Crippen molar-refractivity contribution in [2.45, 2.75) is 45.0 Å². The largest absolute Gasteiger partial charge is 0.463 e. The predicted octanol–water partition coefficient (Wildman–Crippen LogP) is 0.825. The molecular weight excluding hydrogens is 463 g/mol. The molecule has 1 saturated heterocycles. The molecule has 2 N–H and O–H groups in total. The Hall–Kier alpha value is -4.31. The minimum atomic E-state index is -1.90. The van der Waals surface area contributed by atoms with Gasteiger partial charge >= 0.3 is 17.6 Å². The third kappa shape index (κ3) is 4.69. The molecule has 1 aromatic carbocycles. The van der Waals surface area contributed by atoms with Crippen LogP contribution < -0.4 is 11.4 Å². The minimum absolute atomic E-state index is 0.0291. The molecule has 0 saturated carbocycles. The Labute approximate surface area is 197 Å². The maximum absolute atomic E-state index is 15.2. The van der Waals surface area contributed by atoms with Crippen LogP contribution in [0.4, 0.5) is 10.3 Å². The number of carbonyl (C=O) groups is 2. The summed E-state index contributed by atoms with van der Waals surface area (Å²) in [5.41, 5.74) is 6.42. The van der Waals surface area contributed by atoms with E-state index in [-0.39, 0.29) is 23.7 Å². The van der Waals surface area contributed by atoms with Crippen molar-refractivity contribution in [1.82, 2.24) is 19.1 Å². The fourth-order valence-electron chi connectivity index (χ4n) is 3.93. The highest BCUT2D eigenvalue weighted by molar-refractivity contribution is 5.72. The summed E-state index contributed by atoms with van der Waals surface area (Å²) in [7, 11) is 0. The van der Waals surface area contributed by atoms with Crippen molar-refractivity contribution in [2.24, 2.45) is 0 Å². The summed E-state index contributed by atoms with van der Waals surface area (Å²) >= 11 is 0. The number of nitrogen functional groups attached to an aromatic ring is 1. The fourth-order valence-corrected chi connectivity index (χ4v) is 3.93. The second kappa shape index (κ2) is 9.51. The highest BCUT2D eigenvalue weighted by Gasteiger charge is 2.50. The molecule has 13 heteroatoms. The molecule has 3 aromatic rings. The number of fused-ring (bicyclic) bond motifs is 1. The van der Waals surface area contributed by atoms with E-state index in [4.69, 9.17) is 19.9 Å². The molecule has 0 bridgehead atoms. The van der Waals surface area contributed by atoms with Crippen molar-refractivity contribution in [3.05, 3.63) is 52.1 Å². The van der Waals surface area contributed by atoms with E-state index in [1.807, 2.05) is 6.07 Å². The average Bonchev–Trinajstić information content (AvgIpc) is 3.25. The number of nitrogens with two attached hydrogens (primary N) is 1. The molecule has 4 rings (SSSR count). The van der Waals surface area contributed by atoms with Crippen LogP contribution in [0.5, 0.6) is 0 Å². The number of imidazole rings is 1. The van der Waals surface area contributed by atoms with Crippen LogP contribution in [-0.4, -0.2) is 56.0 Å². The summed E-state index contributed by atoms with van der Waals surface area (Å²) in [6.45, 7) is 1.84. The summed E-state index contributed by atoms with van der Waals surface area (Å²) in [6.07, 6.45) is -4.82. The van der Waals surface area contributed by atoms with Crippen LogP contribution in [0.25, 0.3) is 11.2 Å². The topological polar surface area (TPSA) is 164 Å². The Balaban J connectivity index is 1.82. The van der Waals surface area contributed by atoms with Gasteiger partial charge in [-0.05, 0) is 17.7 Å². The Bertz CT molecular complexity index is 1400. The van der Waals surface area contributed by atoms with Crippen LogP contribution in [-0.2, 0) is 30.3 Å². The van der Waals surface area contributed by atoms with E-state index in [1.54, 1.807) is 24.3 Å². The molecule has 0 spiro atoms. The third-order valence-corrected chi connectivity index (χ3v) is 5.39. The number of esters is 2. The number of nitriles is 1. The molecule has 0 aliphatic carbocycles. The van der Waals surface area contributed by atoms with Crippen molar-refractivity contribution in [3.63, 3.8) is 0 Å². The molecule has 2 aromatic heterocycles. The first-order valence-corrected chi connectivity index (χ1v) is 10.5. The van der Waals surface area contributed by atoms with Gasteiger partial charge in [0.05, 0.1) is 24.4 Å². The number of hydrogen-bond acceptors (Lipinski definition) is 10. The van der Waals surface area contributed by atoms with E-state index in [9.17, 15) is 19.6 Å². The third-order valence-electron chi connectivity index (χ3n) is 5.39. The number of hydrogen-bond donors (Lipinski definition) is 1. The van der Waals surface area contributed by atoms with Gasteiger partial charge in [-0.25, -0.2) is 18.7 Å². The molecule has 1 fully saturated rings. The monoisotopic (exact) mass is 484 g/mol. The van der Waals surface area contributed by atoms with Crippen LogP contribution in [0.3, 0.4) is 0 Å². The van der Waals surface area contributed by atoms with Gasteiger partial charge in [0.1, 0.15) is 18.2 Å². The molecule has 0 unspecified atom stereocenters. The lowest BCUT2D eigenvalue weighted by molar-refractivity contribution is -0.154. The van der Waals surface area contributed by atoms with E-state index in [1.165, 1.54) is 10.8 Å². The zero-order chi connectivity index (χ0) is 25.3. The molecule has 35 heavy (non-hydrogen) atoms. The average molecular weight is 484 g/mol. The summed E-state index contributed by atoms with van der Waals surface area (Å²) < 4.78 is 33.3. The molecule has 4 atom stereocenters. The maximum Gasteiger partial charge on any atom is 0.332 e. The molecule has 1 aliphatic heterocycles. The molecule has 12 nitrogen and oxygen atoms in total. The van der Waals surface area contributed by atoms with Crippen molar-refractivity contribution in [3.8, 4) is 6.07 Å². The number of alkyl halides is 1. The zero-order valence-electron chi connectivity index (χ0n) is 18.8. The molecule has 182 valence electrons. The molecule has 1 aliphatic rings. The van der Waals surface area contributed by atoms with Crippen LogP contribution >= 0.6 is 0 Å². The van der Waals surface area contributed by atoms with Gasteiger partial charge in [0.15, 0.2) is 24.2 Å². The van der Waals surface area contributed by atoms with Gasteiger partial charge < -0.3 is 19.9 Å². The van der Waals surface area contributed by atoms with Gasteiger partial charge in [0.25, 0.3) is 0 Å². The Kier molecular flexibility index (Phi) is 6.48. The second-order valence-electron chi connectivity index (χ2n) is 7.87. The molecule has 0 amide bonds. The Morgan fingerprint density at radius 3 is 2.77 bits per heavy atom. The van der Waals surface area contributed by atoms with E-state index in [0.29, 0.717) is 11.1 Å². The van der Waals surface area contributed by atoms with Crippen LogP contribution in [0.2, 0.25) is 0 Å². The lowest BCUT2D eigenvalue weighted by Gasteiger charge is -2.19. The normalized spacial score (nSPS) is 21.5. The highest BCUT2D eigenvalue weighted by atomic mass is 19.1. The summed E-state index contributed by atoms with van der Waals surface area (Å²) in [6, 6.07) is 8.69. The Morgan fingerprint density at radius 1 is 1.31 bits per heavy atom. The SMILES string of the molecule is CC(=O)OC[C@H]1O[C@@H](n2c(=O)n(Cc3cccc(C#N)c3)c3cnc(N)nc32)[C@H](OC(C)=O)[C@@H]1F. The first kappa shape index (κ1) is 23.8. The van der Waals surface area contributed by atoms with Gasteiger partial charge in [-0.1, -0.05) is 12.1 Å². The lowest BCUT2D eigenvalue weighted by Crippen LogP contribution is -2.37. The van der Waals surface area contributed by atoms with E-state index in [2.05, 4.69) is 9.97 Å². The number of carbonyl (C=O) groups excluding carboxylic acids is 2. The van der Waals surface area contributed by atoms with Gasteiger partial charge in [0, 0.05) is 13.8 Å². The van der Waals surface area contributed by atoms with Gasteiger partial charge in [-0.2, -0.15) is 10.2 Å². The van der Waals surface area contributed by atoms with Crippen molar-refractivity contribution >= 4 is 29.1 Å². The van der Waals surface area contributed by atoms with E-state index in [0.717, 1.165) is 18.4 Å². The number of anilines is 1. The predicted molar refractivity (Wildman–Crippen MR) is 117 cm³/mol.